The molecule has 0 aliphatic heterocycles. The molecule has 2 aromatic carbocycles. The molecule has 6 heteroatoms. The molecule has 0 unspecified atom stereocenters. The van der Waals surface area contributed by atoms with Gasteiger partial charge in [0.25, 0.3) is 5.91 Å². The van der Waals surface area contributed by atoms with E-state index in [4.69, 9.17) is 14.6 Å². The number of amides is 1. The number of hydrogen-bond acceptors (Lipinski definition) is 4. The molecule has 26 heavy (non-hydrogen) atoms. The second-order valence-electron chi connectivity index (χ2n) is 5.77. The maximum absolute atomic E-state index is 12.6. The topological polar surface area (TPSA) is 76.1 Å². The summed E-state index contributed by atoms with van der Waals surface area (Å²) in [5.41, 5.74) is 1.24. The molecule has 0 fully saturated rings. The Kier molecular flexibility index (Phi) is 7.02. The molecule has 138 valence electrons. The highest BCUT2D eigenvalue weighted by Gasteiger charge is 2.14. The van der Waals surface area contributed by atoms with Gasteiger partial charge in [-0.1, -0.05) is 13.3 Å². The second-order valence-corrected chi connectivity index (χ2v) is 5.77. The molecule has 1 amide bonds. The van der Waals surface area contributed by atoms with E-state index in [1.807, 2.05) is 0 Å². The predicted octanol–water partition coefficient (Wildman–Crippen LogP) is 3.61. The lowest BCUT2D eigenvalue weighted by Crippen LogP contribution is -2.26. The number of carbonyl (C=O) groups is 2. The van der Waals surface area contributed by atoms with Gasteiger partial charge in [-0.25, -0.2) is 4.79 Å². The molecule has 0 aromatic heterocycles. The highest BCUT2D eigenvalue weighted by atomic mass is 16.5. The molecule has 0 spiro atoms. The highest BCUT2D eigenvalue weighted by Crippen LogP contribution is 2.21. The zero-order valence-corrected chi connectivity index (χ0v) is 15.0. The van der Waals surface area contributed by atoms with Crippen molar-refractivity contribution in [2.45, 2.75) is 19.8 Å². The van der Waals surface area contributed by atoms with Gasteiger partial charge in [-0.15, -0.1) is 0 Å². The summed E-state index contributed by atoms with van der Waals surface area (Å²) in [6.45, 7) is 2.37. The van der Waals surface area contributed by atoms with Gasteiger partial charge in [0.05, 0.1) is 6.61 Å². The number of carbonyl (C=O) groups excluding carboxylic acids is 1. The van der Waals surface area contributed by atoms with Crippen molar-refractivity contribution in [2.24, 2.45) is 0 Å². The lowest BCUT2D eigenvalue weighted by atomic mass is 10.2. The standard InChI is InChI=1S/C20H23NO5/c1-3-4-13-25-17-9-5-15(6-10-17)20(24)21(2)16-7-11-18(12-8-16)26-14-19(22)23/h5-12H,3-4,13-14H2,1-2H3,(H,22,23). The van der Waals surface area contributed by atoms with Gasteiger partial charge in [0, 0.05) is 18.3 Å². The fourth-order valence-electron chi connectivity index (χ4n) is 2.25. The Bertz CT molecular complexity index is 725. The molecule has 1 N–H and O–H groups in total. The number of nitrogens with zero attached hydrogens (tertiary/aromatic N) is 1. The molecular weight excluding hydrogens is 334 g/mol. The summed E-state index contributed by atoms with van der Waals surface area (Å²) in [6.07, 6.45) is 2.07. The summed E-state index contributed by atoms with van der Waals surface area (Å²) in [7, 11) is 1.68. The van der Waals surface area contributed by atoms with Crippen LogP contribution in [0.4, 0.5) is 5.69 Å². The lowest BCUT2D eigenvalue weighted by molar-refractivity contribution is -0.139. The molecule has 0 saturated carbocycles. The second kappa shape index (κ2) is 9.46. The molecule has 0 saturated heterocycles. The van der Waals surface area contributed by atoms with Crippen LogP contribution < -0.4 is 14.4 Å². The SMILES string of the molecule is CCCCOc1ccc(C(=O)N(C)c2ccc(OCC(=O)O)cc2)cc1. The van der Waals surface area contributed by atoms with Gasteiger partial charge in [-0.05, 0) is 55.0 Å². The molecule has 6 nitrogen and oxygen atoms in total. The van der Waals surface area contributed by atoms with Crippen LogP contribution in [0, 0.1) is 0 Å². The van der Waals surface area contributed by atoms with Gasteiger partial charge in [0.15, 0.2) is 6.61 Å². The lowest BCUT2D eigenvalue weighted by Gasteiger charge is -2.18. The molecule has 0 bridgehead atoms. The average Bonchev–Trinajstić information content (AvgIpc) is 2.66. The molecule has 0 heterocycles. The maximum atomic E-state index is 12.6. The predicted molar refractivity (Wildman–Crippen MR) is 99.2 cm³/mol. The van der Waals surface area contributed by atoms with Crippen LogP contribution in [0.2, 0.25) is 0 Å². The van der Waals surface area contributed by atoms with Gasteiger partial charge >= 0.3 is 5.97 Å². The Balaban J connectivity index is 1.98. The van der Waals surface area contributed by atoms with Crippen LogP contribution in [-0.4, -0.2) is 37.2 Å². The molecule has 2 rings (SSSR count). The van der Waals surface area contributed by atoms with Gasteiger partial charge in [-0.3, -0.25) is 4.79 Å². The Morgan fingerprint density at radius 3 is 2.12 bits per heavy atom. The summed E-state index contributed by atoms with van der Waals surface area (Å²) in [4.78, 5) is 24.6. The largest absolute Gasteiger partial charge is 0.494 e. The Morgan fingerprint density at radius 1 is 0.962 bits per heavy atom. The van der Waals surface area contributed by atoms with Gasteiger partial charge in [-0.2, -0.15) is 0 Å². The Morgan fingerprint density at radius 2 is 1.54 bits per heavy atom. The Hall–Kier alpha value is -3.02. The first-order valence-corrected chi connectivity index (χ1v) is 8.47. The van der Waals surface area contributed by atoms with Crippen molar-refractivity contribution in [1.82, 2.24) is 0 Å². The summed E-state index contributed by atoms with van der Waals surface area (Å²) in [6, 6.07) is 13.7. The van der Waals surface area contributed by atoms with Crippen molar-refractivity contribution in [3.05, 3.63) is 54.1 Å². The maximum Gasteiger partial charge on any atom is 0.341 e. The number of rotatable bonds is 9. The van der Waals surface area contributed by atoms with Crippen LogP contribution >= 0.6 is 0 Å². The van der Waals surface area contributed by atoms with Crippen molar-refractivity contribution in [3.8, 4) is 11.5 Å². The quantitative estimate of drug-likeness (QED) is 0.694. The first kappa shape index (κ1) is 19.3. The summed E-state index contributed by atoms with van der Waals surface area (Å²) in [5.74, 6) is -0.00373. The normalized spacial score (nSPS) is 10.2. The highest BCUT2D eigenvalue weighted by molar-refractivity contribution is 6.05. The third kappa shape index (κ3) is 5.51. The minimum absolute atomic E-state index is 0.149. The van der Waals surface area contributed by atoms with Gasteiger partial charge < -0.3 is 19.5 Å². The smallest absolute Gasteiger partial charge is 0.341 e. The molecule has 0 atom stereocenters. The van der Waals surface area contributed by atoms with Crippen molar-refractivity contribution in [2.75, 3.05) is 25.2 Å². The van der Waals surface area contributed by atoms with E-state index in [2.05, 4.69) is 6.92 Å². The van der Waals surface area contributed by atoms with E-state index in [1.54, 1.807) is 55.6 Å². The van der Waals surface area contributed by atoms with E-state index in [0.29, 0.717) is 23.6 Å². The van der Waals surface area contributed by atoms with E-state index < -0.39 is 12.6 Å². The van der Waals surface area contributed by atoms with Crippen LogP contribution in [0.25, 0.3) is 0 Å². The van der Waals surface area contributed by atoms with Gasteiger partial charge in [0.2, 0.25) is 0 Å². The van der Waals surface area contributed by atoms with Crippen molar-refractivity contribution in [3.63, 3.8) is 0 Å². The first-order valence-electron chi connectivity index (χ1n) is 8.47. The van der Waals surface area contributed by atoms with Crippen LogP contribution in [-0.2, 0) is 4.79 Å². The molecule has 0 radical (unpaired) electrons. The van der Waals surface area contributed by atoms with E-state index in [0.717, 1.165) is 18.6 Å². The van der Waals surface area contributed by atoms with Crippen molar-refractivity contribution >= 4 is 17.6 Å². The van der Waals surface area contributed by atoms with Gasteiger partial charge in [0.1, 0.15) is 11.5 Å². The van der Waals surface area contributed by atoms with Crippen molar-refractivity contribution in [1.29, 1.82) is 0 Å². The first-order chi connectivity index (χ1) is 12.5. The Labute approximate surface area is 153 Å². The molecule has 2 aromatic rings. The molecular formula is C20H23NO5. The average molecular weight is 357 g/mol. The van der Waals surface area contributed by atoms with E-state index >= 15 is 0 Å². The zero-order valence-electron chi connectivity index (χ0n) is 15.0. The van der Waals surface area contributed by atoms with Crippen LogP contribution in [0.5, 0.6) is 11.5 Å². The summed E-state index contributed by atoms with van der Waals surface area (Å²) >= 11 is 0. The van der Waals surface area contributed by atoms with E-state index in [9.17, 15) is 9.59 Å². The fourth-order valence-corrected chi connectivity index (χ4v) is 2.25. The fraction of sp³-hybridized carbons (Fsp3) is 0.300. The molecule has 0 aliphatic rings. The summed E-state index contributed by atoms with van der Waals surface area (Å²) in [5, 5.41) is 8.61. The number of aliphatic carboxylic acids is 1. The van der Waals surface area contributed by atoms with E-state index in [1.165, 1.54) is 4.90 Å². The minimum Gasteiger partial charge on any atom is -0.494 e. The number of carboxylic acid groups (broad SMARTS) is 1. The number of unbranched alkanes of at least 4 members (excludes halogenated alkanes) is 1. The monoisotopic (exact) mass is 357 g/mol. The number of hydrogen-bond donors (Lipinski definition) is 1. The number of anilines is 1. The number of ether oxygens (including phenoxy) is 2. The van der Waals surface area contributed by atoms with E-state index in [-0.39, 0.29) is 5.91 Å². The van der Waals surface area contributed by atoms with Crippen molar-refractivity contribution < 1.29 is 24.2 Å². The molecule has 0 aliphatic carbocycles. The zero-order chi connectivity index (χ0) is 18.9. The number of carboxylic acids is 1. The number of benzene rings is 2. The third-order valence-electron chi connectivity index (χ3n) is 3.76. The third-order valence-corrected chi connectivity index (χ3v) is 3.76. The van der Waals surface area contributed by atoms with Crippen LogP contribution in [0.15, 0.2) is 48.5 Å². The summed E-state index contributed by atoms with van der Waals surface area (Å²) < 4.78 is 10.7. The van der Waals surface area contributed by atoms with Crippen LogP contribution in [0.1, 0.15) is 30.1 Å². The van der Waals surface area contributed by atoms with Crippen LogP contribution in [0.3, 0.4) is 0 Å². The minimum atomic E-state index is -1.04.